The van der Waals surface area contributed by atoms with Crippen LogP contribution in [0.15, 0.2) is 12.5 Å². The Hall–Kier alpha value is -0.830. The summed E-state index contributed by atoms with van der Waals surface area (Å²) in [6.45, 7) is 6.40. The molecule has 0 spiro atoms. The second-order valence-corrected chi connectivity index (χ2v) is 5.21. The molecule has 0 radical (unpaired) electrons. The van der Waals surface area contributed by atoms with Crippen molar-refractivity contribution < 1.29 is 0 Å². The lowest BCUT2D eigenvalue weighted by Gasteiger charge is -2.07. The highest BCUT2D eigenvalue weighted by Crippen LogP contribution is 2.10. The lowest BCUT2D eigenvalue weighted by Crippen LogP contribution is -2.08. The first-order valence-corrected chi connectivity index (χ1v) is 6.93. The van der Waals surface area contributed by atoms with E-state index < -0.39 is 0 Å². The molecule has 0 aliphatic carbocycles. The largest absolute Gasteiger partial charge is 0.335 e. The molecule has 0 bridgehead atoms. The molecule has 0 atom stereocenters. The first-order valence-electron chi connectivity index (χ1n) is 6.93. The van der Waals surface area contributed by atoms with Crippen LogP contribution in [0.4, 0.5) is 0 Å². The normalized spacial score (nSPS) is 11.3. The molecule has 0 aliphatic heterocycles. The summed E-state index contributed by atoms with van der Waals surface area (Å²) in [6.07, 6.45) is 11.5. The molecule has 2 N–H and O–H groups in total. The molecular formula is C14H27N3. The van der Waals surface area contributed by atoms with Gasteiger partial charge in [-0.1, -0.05) is 39.5 Å². The van der Waals surface area contributed by atoms with Crippen LogP contribution in [0.25, 0.3) is 0 Å². The molecule has 0 saturated heterocycles. The van der Waals surface area contributed by atoms with E-state index in [2.05, 4.69) is 23.4 Å². The summed E-state index contributed by atoms with van der Waals surface area (Å²) in [5, 5.41) is 0. The van der Waals surface area contributed by atoms with Crippen molar-refractivity contribution in [3.63, 3.8) is 0 Å². The van der Waals surface area contributed by atoms with Crippen molar-refractivity contribution in [2.75, 3.05) is 6.54 Å². The van der Waals surface area contributed by atoms with Gasteiger partial charge in [0.05, 0.1) is 6.33 Å². The van der Waals surface area contributed by atoms with Crippen LogP contribution in [0.3, 0.4) is 0 Å². The molecular weight excluding hydrogens is 210 g/mol. The van der Waals surface area contributed by atoms with Crippen molar-refractivity contribution >= 4 is 0 Å². The van der Waals surface area contributed by atoms with Crippen LogP contribution < -0.4 is 5.73 Å². The third-order valence-electron chi connectivity index (χ3n) is 3.13. The predicted molar refractivity (Wildman–Crippen MR) is 72.9 cm³/mol. The number of rotatable bonds is 9. The Labute approximate surface area is 105 Å². The number of aromatic nitrogens is 2. The van der Waals surface area contributed by atoms with Crippen molar-refractivity contribution in [1.82, 2.24) is 9.55 Å². The molecule has 3 heteroatoms. The van der Waals surface area contributed by atoms with Crippen molar-refractivity contribution in [3.05, 3.63) is 18.2 Å². The van der Waals surface area contributed by atoms with Crippen molar-refractivity contribution in [1.29, 1.82) is 0 Å². The van der Waals surface area contributed by atoms with Gasteiger partial charge >= 0.3 is 0 Å². The van der Waals surface area contributed by atoms with E-state index in [0.717, 1.165) is 18.9 Å². The molecule has 0 unspecified atom stereocenters. The number of imidazole rings is 1. The first-order chi connectivity index (χ1) is 8.24. The molecule has 1 aromatic rings. The molecule has 1 rings (SSSR count). The standard InChI is InChI=1S/C14H27N3/c1-13(2)7-5-3-4-6-10-17-12-16-11-14(17)8-9-15/h11-13H,3-10,15H2,1-2H3. The molecule has 0 amide bonds. The number of aryl methyl sites for hydroxylation is 1. The topological polar surface area (TPSA) is 43.8 Å². The van der Waals surface area contributed by atoms with Gasteiger partial charge in [0.15, 0.2) is 0 Å². The van der Waals surface area contributed by atoms with Crippen LogP contribution in [0.5, 0.6) is 0 Å². The maximum Gasteiger partial charge on any atom is 0.0948 e. The zero-order valence-electron chi connectivity index (χ0n) is 11.4. The number of nitrogens with two attached hydrogens (primary N) is 1. The van der Waals surface area contributed by atoms with Gasteiger partial charge in [0.25, 0.3) is 0 Å². The van der Waals surface area contributed by atoms with Gasteiger partial charge in [0, 0.05) is 24.9 Å². The van der Waals surface area contributed by atoms with E-state index in [1.54, 1.807) is 0 Å². The van der Waals surface area contributed by atoms with E-state index in [9.17, 15) is 0 Å². The maximum atomic E-state index is 5.57. The summed E-state index contributed by atoms with van der Waals surface area (Å²) in [4.78, 5) is 4.19. The highest BCUT2D eigenvalue weighted by molar-refractivity contribution is 4.98. The predicted octanol–water partition coefficient (Wildman–Crippen LogP) is 2.99. The Kier molecular flexibility index (Phi) is 6.94. The van der Waals surface area contributed by atoms with Crippen LogP contribution in [0.2, 0.25) is 0 Å². The summed E-state index contributed by atoms with van der Waals surface area (Å²) < 4.78 is 2.25. The number of nitrogens with zero attached hydrogens (tertiary/aromatic N) is 2. The average Bonchev–Trinajstić information content (AvgIpc) is 2.71. The zero-order chi connectivity index (χ0) is 12.5. The Morgan fingerprint density at radius 3 is 2.71 bits per heavy atom. The highest BCUT2D eigenvalue weighted by Gasteiger charge is 2.00. The second-order valence-electron chi connectivity index (χ2n) is 5.21. The van der Waals surface area contributed by atoms with Crippen molar-refractivity contribution in [2.24, 2.45) is 11.7 Å². The third-order valence-corrected chi connectivity index (χ3v) is 3.13. The van der Waals surface area contributed by atoms with E-state index in [-0.39, 0.29) is 0 Å². The van der Waals surface area contributed by atoms with Gasteiger partial charge in [-0.25, -0.2) is 4.98 Å². The number of unbranched alkanes of at least 4 members (excludes halogenated alkanes) is 3. The van der Waals surface area contributed by atoms with E-state index in [4.69, 9.17) is 5.73 Å². The van der Waals surface area contributed by atoms with Crippen LogP contribution in [0, 0.1) is 5.92 Å². The van der Waals surface area contributed by atoms with E-state index >= 15 is 0 Å². The molecule has 1 heterocycles. The molecule has 17 heavy (non-hydrogen) atoms. The van der Waals surface area contributed by atoms with Gasteiger partial charge in [0.1, 0.15) is 0 Å². The molecule has 0 aromatic carbocycles. The molecule has 3 nitrogen and oxygen atoms in total. The smallest absolute Gasteiger partial charge is 0.0948 e. The Balaban J connectivity index is 2.11. The summed E-state index contributed by atoms with van der Waals surface area (Å²) in [6, 6.07) is 0. The van der Waals surface area contributed by atoms with Gasteiger partial charge < -0.3 is 10.3 Å². The van der Waals surface area contributed by atoms with Crippen LogP contribution in [0.1, 0.15) is 51.6 Å². The minimum Gasteiger partial charge on any atom is -0.335 e. The van der Waals surface area contributed by atoms with E-state index in [1.165, 1.54) is 37.8 Å². The first kappa shape index (κ1) is 14.2. The fourth-order valence-electron chi connectivity index (χ4n) is 2.09. The summed E-state index contributed by atoms with van der Waals surface area (Å²) in [5.41, 5.74) is 6.84. The second kappa shape index (κ2) is 8.29. The van der Waals surface area contributed by atoms with Gasteiger partial charge in [0.2, 0.25) is 0 Å². The Bertz CT molecular complexity index is 291. The Morgan fingerprint density at radius 2 is 2.00 bits per heavy atom. The quantitative estimate of drug-likeness (QED) is 0.671. The highest BCUT2D eigenvalue weighted by atomic mass is 15.0. The molecule has 98 valence electrons. The average molecular weight is 237 g/mol. The van der Waals surface area contributed by atoms with Gasteiger partial charge in [-0.05, 0) is 18.9 Å². The summed E-state index contributed by atoms with van der Waals surface area (Å²) in [7, 11) is 0. The lowest BCUT2D eigenvalue weighted by molar-refractivity contribution is 0.502. The van der Waals surface area contributed by atoms with Crippen molar-refractivity contribution in [3.8, 4) is 0 Å². The molecule has 0 fully saturated rings. The van der Waals surface area contributed by atoms with Crippen molar-refractivity contribution in [2.45, 2.75) is 58.9 Å². The monoisotopic (exact) mass is 237 g/mol. The summed E-state index contributed by atoms with van der Waals surface area (Å²) in [5.74, 6) is 0.847. The molecule has 0 saturated carbocycles. The van der Waals surface area contributed by atoms with Crippen LogP contribution in [-0.4, -0.2) is 16.1 Å². The van der Waals surface area contributed by atoms with Crippen LogP contribution >= 0.6 is 0 Å². The fraction of sp³-hybridized carbons (Fsp3) is 0.786. The van der Waals surface area contributed by atoms with E-state index in [1.807, 2.05) is 12.5 Å². The SMILES string of the molecule is CC(C)CCCCCCn1cncc1CCN. The minimum atomic E-state index is 0.708. The lowest BCUT2D eigenvalue weighted by atomic mass is 10.0. The fourth-order valence-corrected chi connectivity index (χ4v) is 2.09. The number of hydrogen-bond donors (Lipinski definition) is 1. The maximum absolute atomic E-state index is 5.57. The Morgan fingerprint density at radius 1 is 1.24 bits per heavy atom. The van der Waals surface area contributed by atoms with E-state index in [0.29, 0.717) is 6.54 Å². The summed E-state index contributed by atoms with van der Waals surface area (Å²) >= 11 is 0. The minimum absolute atomic E-state index is 0.708. The third kappa shape index (κ3) is 5.87. The van der Waals surface area contributed by atoms with Crippen LogP contribution in [-0.2, 0) is 13.0 Å². The number of hydrogen-bond acceptors (Lipinski definition) is 2. The van der Waals surface area contributed by atoms with Gasteiger partial charge in [-0.15, -0.1) is 0 Å². The molecule has 1 aromatic heterocycles. The van der Waals surface area contributed by atoms with Gasteiger partial charge in [-0.3, -0.25) is 0 Å². The zero-order valence-corrected chi connectivity index (χ0v) is 11.4. The molecule has 0 aliphatic rings. The van der Waals surface area contributed by atoms with Gasteiger partial charge in [-0.2, -0.15) is 0 Å².